The summed E-state index contributed by atoms with van der Waals surface area (Å²) < 4.78 is 0. The summed E-state index contributed by atoms with van der Waals surface area (Å²) in [5.41, 5.74) is 6.09. The summed E-state index contributed by atoms with van der Waals surface area (Å²) in [5, 5.41) is 9.12. The average Bonchev–Trinajstić information content (AvgIpc) is 2.85. The Morgan fingerprint density at radius 1 is 1.44 bits per heavy atom. The van der Waals surface area contributed by atoms with Crippen LogP contribution >= 0.6 is 11.3 Å². The van der Waals surface area contributed by atoms with Gasteiger partial charge in [0.15, 0.2) is 5.82 Å². The lowest BCUT2D eigenvalue weighted by atomic mass is 9.87. The number of H-pyrrole nitrogens is 1. The molecule has 5 heteroatoms. The SMILES string of the molecule is CC(C)(C)[C@H](N)c1nc(-c2cccs2)n[nH]1. The quantitative estimate of drug-likeness (QED) is 0.842. The Balaban J connectivity index is 2.27. The molecule has 0 radical (unpaired) electrons. The maximum atomic E-state index is 6.11. The molecule has 0 unspecified atom stereocenters. The molecule has 1 atom stereocenters. The average molecular weight is 236 g/mol. The van der Waals surface area contributed by atoms with E-state index in [0.717, 1.165) is 16.5 Å². The second-order valence-corrected chi connectivity index (χ2v) is 5.81. The van der Waals surface area contributed by atoms with Crippen LogP contribution in [0.2, 0.25) is 0 Å². The van der Waals surface area contributed by atoms with Crippen LogP contribution in [0.3, 0.4) is 0 Å². The fraction of sp³-hybridized carbons (Fsp3) is 0.455. The van der Waals surface area contributed by atoms with E-state index in [1.165, 1.54) is 0 Å². The maximum absolute atomic E-state index is 6.11. The van der Waals surface area contributed by atoms with Crippen LogP contribution in [0.25, 0.3) is 10.7 Å². The number of hydrogen-bond donors (Lipinski definition) is 2. The highest BCUT2D eigenvalue weighted by Crippen LogP contribution is 2.29. The minimum absolute atomic E-state index is 0.0216. The van der Waals surface area contributed by atoms with Crippen LogP contribution in [0.1, 0.15) is 32.6 Å². The van der Waals surface area contributed by atoms with Gasteiger partial charge >= 0.3 is 0 Å². The number of rotatable bonds is 2. The van der Waals surface area contributed by atoms with Crippen molar-refractivity contribution in [3.8, 4) is 10.7 Å². The van der Waals surface area contributed by atoms with E-state index < -0.39 is 0 Å². The molecule has 4 nitrogen and oxygen atoms in total. The minimum Gasteiger partial charge on any atom is -0.321 e. The molecule has 0 aliphatic carbocycles. The highest BCUT2D eigenvalue weighted by Gasteiger charge is 2.25. The number of nitrogens with two attached hydrogens (primary N) is 1. The summed E-state index contributed by atoms with van der Waals surface area (Å²) in [5.74, 6) is 1.47. The lowest BCUT2D eigenvalue weighted by molar-refractivity contribution is 0.316. The Kier molecular flexibility index (Phi) is 2.82. The van der Waals surface area contributed by atoms with Crippen molar-refractivity contribution < 1.29 is 0 Å². The molecule has 0 saturated heterocycles. The van der Waals surface area contributed by atoms with E-state index in [-0.39, 0.29) is 11.5 Å². The van der Waals surface area contributed by atoms with Gasteiger partial charge < -0.3 is 5.73 Å². The van der Waals surface area contributed by atoms with Gasteiger partial charge in [0.1, 0.15) is 5.82 Å². The molecule has 2 aromatic rings. The first kappa shape index (κ1) is 11.3. The highest BCUT2D eigenvalue weighted by molar-refractivity contribution is 7.13. The molecule has 0 aliphatic heterocycles. The Hall–Kier alpha value is -1.20. The van der Waals surface area contributed by atoms with Gasteiger partial charge in [0, 0.05) is 0 Å². The van der Waals surface area contributed by atoms with Crippen LogP contribution in [-0.2, 0) is 0 Å². The Morgan fingerprint density at radius 3 is 2.75 bits per heavy atom. The van der Waals surface area contributed by atoms with Crippen molar-refractivity contribution in [3.63, 3.8) is 0 Å². The molecular weight excluding hydrogens is 220 g/mol. The van der Waals surface area contributed by atoms with Crippen LogP contribution in [0.5, 0.6) is 0 Å². The maximum Gasteiger partial charge on any atom is 0.191 e. The highest BCUT2D eigenvalue weighted by atomic mass is 32.1. The normalized spacial score (nSPS) is 14.0. The van der Waals surface area contributed by atoms with Crippen LogP contribution in [-0.4, -0.2) is 15.2 Å². The van der Waals surface area contributed by atoms with E-state index in [1.54, 1.807) is 11.3 Å². The molecule has 0 bridgehead atoms. The van der Waals surface area contributed by atoms with Crippen molar-refractivity contribution in [2.24, 2.45) is 11.1 Å². The fourth-order valence-electron chi connectivity index (χ4n) is 1.34. The number of thiophene rings is 1. The van der Waals surface area contributed by atoms with Gasteiger partial charge in [0.05, 0.1) is 10.9 Å². The molecule has 0 saturated carbocycles. The molecule has 2 aromatic heterocycles. The molecule has 0 amide bonds. The van der Waals surface area contributed by atoms with E-state index >= 15 is 0 Å². The van der Waals surface area contributed by atoms with Crippen LogP contribution in [0, 0.1) is 5.41 Å². The van der Waals surface area contributed by atoms with Gasteiger partial charge in [-0.05, 0) is 16.9 Å². The van der Waals surface area contributed by atoms with Crippen molar-refractivity contribution in [2.45, 2.75) is 26.8 Å². The van der Waals surface area contributed by atoms with E-state index in [9.17, 15) is 0 Å². The summed E-state index contributed by atoms with van der Waals surface area (Å²) >= 11 is 1.62. The monoisotopic (exact) mass is 236 g/mol. The number of hydrogen-bond acceptors (Lipinski definition) is 4. The van der Waals surface area contributed by atoms with Gasteiger partial charge in [-0.25, -0.2) is 4.98 Å². The molecule has 0 spiro atoms. The molecule has 0 aliphatic rings. The zero-order valence-electron chi connectivity index (χ0n) is 9.69. The lowest BCUT2D eigenvalue weighted by Gasteiger charge is -2.24. The number of aromatic amines is 1. The molecular formula is C11H16N4S. The van der Waals surface area contributed by atoms with Gasteiger partial charge in [-0.1, -0.05) is 26.8 Å². The third kappa shape index (κ3) is 2.15. The summed E-state index contributed by atoms with van der Waals surface area (Å²) in [6.07, 6.45) is 0. The summed E-state index contributed by atoms with van der Waals surface area (Å²) in [6.45, 7) is 6.26. The summed E-state index contributed by atoms with van der Waals surface area (Å²) in [7, 11) is 0. The third-order valence-electron chi connectivity index (χ3n) is 2.47. The van der Waals surface area contributed by atoms with E-state index in [2.05, 4.69) is 36.0 Å². The van der Waals surface area contributed by atoms with E-state index in [0.29, 0.717) is 0 Å². The molecule has 0 aromatic carbocycles. The first-order valence-corrected chi connectivity index (χ1v) is 6.08. The van der Waals surface area contributed by atoms with Crippen LogP contribution in [0.4, 0.5) is 0 Å². The van der Waals surface area contributed by atoms with Crippen molar-refractivity contribution in [3.05, 3.63) is 23.3 Å². The largest absolute Gasteiger partial charge is 0.321 e. The number of aromatic nitrogens is 3. The summed E-state index contributed by atoms with van der Waals surface area (Å²) in [4.78, 5) is 5.50. The zero-order valence-corrected chi connectivity index (χ0v) is 10.5. The number of nitrogens with one attached hydrogen (secondary N) is 1. The Bertz CT molecular complexity index is 453. The second kappa shape index (κ2) is 3.99. The van der Waals surface area contributed by atoms with Crippen molar-refractivity contribution in [1.29, 1.82) is 0 Å². The standard InChI is InChI=1S/C11H16N4S/c1-11(2,3)8(12)10-13-9(14-15-10)7-5-4-6-16-7/h4-6,8H,12H2,1-3H3,(H,13,14,15)/t8-/m1/s1. The topological polar surface area (TPSA) is 67.6 Å². The fourth-order valence-corrected chi connectivity index (χ4v) is 2.00. The molecule has 3 N–H and O–H groups in total. The van der Waals surface area contributed by atoms with Crippen molar-refractivity contribution in [1.82, 2.24) is 15.2 Å². The molecule has 86 valence electrons. The first-order chi connectivity index (χ1) is 7.48. The van der Waals surface area contributed by atoms with Crippen molar-refractivity contribution >= 4 is 11.3 Å². The van der Waals surface area contributed by atoms with Gasteiger partial charge in [-0.2, -0.15) is 5.10 Å². The Labute approximate surface area is 98.9 Å². The minimum atomic E-state index is -0.131. The molecule has 2 rings (SSSR count). The van der Waals surface area contributed by atoms with Gasteiger partial charge in [-0.3, -0.25) is 5.10 Å². The molecule has 0 fully saturated rings. The van der Waals surface area contributed by atoms with Gasteiger partial charge in [0.25, 0.3) is 0 Å². The number of nitrogens with zero attached hydrogens (tertiary/aromatic N) is 2. The third-order valence-corrected chi connectivity index (χ3v) is 3.34. The predicted octanol–water partition coefficient (Wildman–Crippen LogP) is 2.58. The zero-order chi connectivity index (χ0) is 11.8. The predicted molar refractivity (Wildman–Crippen MR) is 66.1 cm³/mol. The van der Waals surface area contributed by atoms with Crippen LogP contribution < -0.4 is 5.73 Å². The van der Waals surface area contributed by atoms with E-state index in [4.69, 9.17) is 5.73 Å². The van der Waals surface area contributed by atoms with Gasteiger partial charge in [-0.15, -0.1) is 11.3 Å². The lowest BCUT2D eigenvalue weighted by Crippen LogP contribution is -2.27. The Morgan fingerprint density at radius 2 is 2.19 bits per heavy atom. The second-order valence-electron chi connectivity index (χ2n) is 4.87. The van der Waals surface area contributed by atoms with Crippen LogP contribution in [0.15, 0.2) is 17.5 Å². The van der Waals surface area contributed by atoms with Crippen molar-refractivity contribution in [2.75, 3.05) is 0 Å². The molecule has 2 heterocycles. The first-order valence-electron chi connectivity index (χ1n) is 5.20. The van der Waals surface area contributed by atoms with E-state index in [1.807, 2.05) is 17.5 Å². The summed E-state index contributed by atoms with van der Waals surface area (Å²) in [6, 6.07) is 3.86. The molecule has 16 heavy (non-hydrogen) atoms. The van der Waals surface area contributed by atoms with Gasteiger partial charge in [0.2, 0.25) is 0 Å². The smallest absolute Gasteiger partial charge is 0.191 e.